The molecular formula is C20H25N5O2S. The Morgan fingerprint density at radius 3 is 2.61 bits per heavy atom. The molecule has 0 unspecified atom stereocenters. The van der Waals surface area contributed by atoms with E-state index in [-0.39, 0.29) is 5.41 Å². The molecule has 0 spiro atoms. The van der Waals surface area contributed by atoms with Gasteiger partial charge in [0, 0.05) is 23.9 Å². The van der Waals surface area contributed by atoms with Crippen LogP contribution in [0.5, 0.6) is 0 Å². The van der Waals surface area contributed by atoms with Crippen molar-refractivity contribution in [3.8, 4) is 0 Å². The zero-order valence-electron chi connectivity index (χ0n) is 16.5. The molecule has 7 nitrogen and oxygen atoms in total. The van der Waals surface area contributed by atoms with Crippen molar-refractivity contribution in [2.75, 3.05) is 26.3 Å². The third-order valence-electron chi connectivity index (χ3n) is 4.55. The minimum absolute atomic E-state index is 0.126. The number of para-hydroxylation sites is 1. The normalized spacial score (nSPS) is 16.0. The number of rotatable bonds is 5. The van der Waals surface area contributed by atoms with Crippen molar-refractivity contribution in [2.24, 2.45) is 0 Å². The topological polar surface area (TPSA) is 77.2 Å². The van der Waals surface area contributed by atoms with E-state index in [1.807, 2.05) is 18.2 Å². The van der Waals surface area contributed by atoms with Gasteiger partial charge in [-0.15, -0.1) is 0 Å². The van der Waals surface area contributed by atoms with Gasteiger partial charge in [-0.3, -0.25) is 4.90 Å². The summed E-state index contributed by atoms with van der Waals surface area (Å²) >= 11 is 1.61. The second kappa shape index (κ2) is 8.14. The van der Waals surface area contributed by atoms with E-state index in [4.69, 9.17) is 19.2 Å². The first-order valence-electron chi connectivity index (χ1n) is 9.51. The summed E-state index contributed by atoms with van der Waals surface area (Å²) in [5.41, 5.74) is 0.837. The molecule has 28 heavy (non-hydrogen) atoms. The molecule has 0 N–H and O–H groups in total. The van der Waals surface area contributed by atoms with Gasteiger partial charge in [-0.25, -0.2) is 9.97 Å². The Bertz CT molecular complexity index is 947. The van der Waals surface area contributed by atoms with Gasteiger partial charge in [-0.05, 0) is 6.07 Å². The van der Waals surface area contributed by atoms with Crippen LogP contribution in [0, 0.1) is 0 Å². The molecule has 0 aliphatic carbocycles. The highest BCUT2D eigenvalue weighted by atomic mass is 32.2. The summed E-state index contributed by atoms with van der Waals surface area (Å²) in [4.78, 5) is 16.5. The van der Waals surface area contributed by atoms with Crippen molar-refractivity contribution in [2.45, 2.75) is 43.5 Å². The number of ether oxygens (including phenoxy) is 1. The Morgan fingerprint density at radius 2 is 1.86 bits per heavy atom. The van der Waals surface area contributed by atoms with Gasteiger partial charge in [-0.2, -0.15) is 4.98 Å². The Balaban J connectivity index is 1.55. The maximum atomic E-state index is 5.43. The Kier molecular flexibility index (Phi) is 5.61. The molecule has 0 saturated carbocycles. The van der Waals surface area contributed by atoms with Crippen molar-refractivity contribution >= 4 is 22.7 Å². The number of thioether (sulfide) groups is 1. The summed E-state index contributed by atoms with van der Waals surface area (Å²) in [6.07, 6.45) is 0. The minimum Gasteiger partial charge on any atom is -0.379 e. The number of nitrogens with zero attached hydrogens (tertiary/aromatic N) is 5. The molecule has 0 radical (unpaired) electrons. The molecule has 1 saturated heterocycles. The van der Waals surface area contributed by atoms with E-state index in [2.05, 4.69) is 41.9 Å². The molecule has 0 atom stereocenters. The average Bonchev–Trinajstić information content (AvgIpc) is 3.16. The van der Waals surface area contributed by atoms with Crippen molar-refractivity contribution in [3.05, 3.63) is 41.8 Å². The predicted molar refractivity (Wildman–Crippen MR) is 108 cm³/mol. The molecule has 1 fully saturated rings. The van der Waals surface area contributed by atoms with Crippen molar-refractivity contribution in [3.63, 3.8) is 0 Å². The molecule has 1 aliphatic heterocycles. The monoisotopic (exact) mass is 399 g/mol. The zero-order valence-corrected chi connectivity index (χ0v) is 17.3. The third-order valence-corrected chi connectivity index (χ3v) is 5.53. The van der Waals surface area contributed by atoms with Gasteiger partial charge in [0.05, 0.1) is 31.0 Å². The van der Waals surface area contributed by atoms with Gasteiger partial charge in [0.25, 0.3) is 0 Å². The molecule has 2 aromatic heterocycles. The number of benzene rings is 1. The van der Waals surface area contributed by atoms with Crippen molar-refractivity contribution < 1.29 is 9.26 Å². The van der Waals surface area contributed by atoms with E-state index in [1.165, 1.54) is 0 Å². The number of morpholine rings is 1. The maximum absolute atomic E-state index is 5.43. The average molecular weight is 400 g/mol. The lowest BCUT2D eigenvalue weighted by Crippen LogP contribution is -2.36. The highest BCUT2D eigenvalue weighted by Gasteiger charge is 2.21. The minimum atomic E-state index is -0.126. The van der Waals surface area contributed by atoms with Crippen LogP contribution in [0.15, 0.2) is 33.8 Å². The Labute approximate surface area is 168 Å². The van der Waals surface area contributed by atoms with Crippen LogP contribution in [0.2, 0.25) is 0 Å². The van der Waals surface area contributed by atoms with E-state index in [9.17, 15) is 0 Å². The number of hydrogen-bond donors (Lipinski definition) is 0. The van der Waals surface area contributed by atoms with Crippen LogP contribution in [0.25, 0.3) is 10.9 Å². The first-order valence-corrected chi connectivity index (χ1v) is 10.5. The number of hydrogen-bond acceptors (Lipinski definition) is 8. The van der Waals surface area contributed by atoms with Crippen LogP contribution >= 0.6 is 11.8 Å². The van der Waals surface area contributed by atoms with Gasteiger partial charge < -0.3 is 9.26 Å². The molecule has 3 heterocycles. The van der Waals surface area contributed by atoms with Crippen LogP contribution in [-0.4, -0.2) is 51.3 Å². The van der Waals surface area contributed by atoms with Gasteiger partial charge >= 0.3 is 0 Å². The van der Waals surface area contributed by atoms with Gasteiger partial charge in [0.1, 0.15) is 10.9 Å². The molecular weight excluding hydrogens is 374 g/mol. The highest BCUT2D eigenvalue weighted by Crippen LogP contribution is 2.29. The summed E-state index contributed by atoms with van der Waals surface area (Å²) in [5, 5.41) is 6.10. The molecule has 1 aliphatic rings. The maximum Gasteiger partial charge on any atom is 0.237 e. The molecule has 148 valence electrons. The molecule has 1 aromatic carbocycles. The molecule has 0 bridgehead atoms. The van der Waals surface area contributed by atoms with Crippen LogP contribution in [0.4, 0.5) is 0 Å². The summed E-state index contributed by atoms with van der Waals surface area (Å²) < 4.78 is 10.9. The van der Waals surface area contributed by atoms with E-state index in [1.54, 1.807) is 11.8 Å². The first kappa shape index (κ1) is 19.3. The molecule has 0 amide bonds. The summed E-state index contributed by atoms with van der Waals surface area (Å²) in [6.45, 7) is 10.3. The van der Waals surface area contributed by atoms with Gasteiger partial charge in [0.15, 0.2) is 5.82 Å². The van der Waals surface area contributed by atoms with Crippen LogP contribution in [-0.2, 0) is 22.4 Å². The largest absolute Gasteiger partial charge is 0.379 e. The van der Waals surface area contributed by atoms with Gasteiger partial charge in [0.2, 0.25) is 5.89 Å². The molecule has 8 heteroatoms. The highest BCUT2D eigenvalue weighted by molar-refractivity contribution is 7.98. The lowest BCUT2D eigenvalue weighted by atomic mass is 9.96. The van der Waals surface area contributed by atoms with Crippen molar-refractivity contribution in [1.29, 1.82) is 0 Å². The fourth-order valence-electron chi connectivity index (χ4n) is 2.98. The summed E-state index contributed by atoms with van der Waals surface area (Å²) in [5.74, 6) is 2.76. The van der Waals surface area contributed by atoms with E-state index in [0.29, 0.717) is 11.6 Å². The third kappa shape index (κ3) is 4.51. The summed E-state index contributed by atoms with van der Waals surface area (Å²) in [6, 6.07) is 8.12. The smallest absolute Gasteiger partial charge is 0.237 e. The SMILES string of the molecule is CC(C)(C)c1noc(CSc2nc(CN3CCOCC3)nc3ccccc23)n1. The van der Waals surface area contributed by atoms with E-state index in [0.717, 1.165) is 60.4 Å². The fraction of sp³-hybridized carbons (Fsp3) is 0.500. The van der Waals surface area contributed by atoms with Crippen LogP contribution in [0.3, 0.4) is 0 Å². The quantitative estimate of drug-likeness (QED) is 0.477. The summed E-state index contributed by atoms with van der Waals surface area (Å²) in [7, 11) is 0. The zero-order chi connectivity index (χ0) is 19.6. The van der Waals surface area contributed by atoms with Gasteiger partial charge in [-0.1, -0.05) is 55.9 Å². The second-order valence-electron chi connectivity index (χ2n) is 7.90. The Hall–Kier alpha value is -2.03. The van der Waals surface area contributed by atoms with E-state index < -0.39 is 0 Å². The second-order valence-corrected chi connectivity index (χ2v) is 8.87. The Morgan fingerprint density at radius 1 is 1.07 bits per heavy atom. The lowest BCUT2D eigenvalue weighted by Gasteiger charge is -2.25. The fourth-order valence-corrected chi connectivity index (χ4v) is 3.86. The molecule has 4 rings (SSSR count). The van der Waals surface area contributed by atoms with Crippen LogP contribution < -0.4 is 0 Å². The number of aromatic nitrogens is 4. The predicted octanol–water partition coefficient (Wildman–Crippen LogP) is 3.43. The van der Waals surface area contributed by atoms with E-state index >= 15 is 0 Å². The molecule has 3 aromatic rings. The lowest BCUT2D eigenvalue weighted by molar-refractivity contribution is 0.0330. The van der Waals surface area contributed by atoms with Crippen molar-refractivity contribution in [1.82, 2.24) is 25.0 Å². The number of fused-ring (bicyclic) bond motifs is 1. The first-order chi connectivity index (χ1) is 13.5. The van der Waals surface area contributed by atoms with Crippen LogP contribution in [0.1, 0.15) is 38.3 Å². The standard InChI is InChI=1S/C20H25N5O2S/c1-20(2,3)19-23-17(27-24-19)13-28-18-14-6-4-5-7-15(14)21-16(22-18)12-25-8-10-26-11-9-25/h4-7H,8-13H2,1-3H3.